The van der Waals surface area contributed by atoms with Crippen LogP contribution in [0, 0.1) is 11.6 Å². The lowest BCUT2D eigenvalue weighted by atomic mass is 10.3. The van der Waals surface area contributed by atoms with Gasteiger partial charge in [0, 0.05) is 0 Å². The summed E-state index contributed by atoms with van der Waals surface area (Å²) in [6.45, 7) is 1.27. The first kappa shape index (κ1) is 12.6. The van der Waals surface area contributed by atoms with Crippen LogP contribution in [0.1, 0.15) is 6.92 Å². The highest BCUT2D eigenvalue weighted by atomic mass is 79.9. The van der Waals surface area contributed by atoms with E-state index >= 15 is 0 Å². The number of rotatable bonds is 3. The zero-order valence-electron chi connectivity index (χ0n) is 8.09. The van der Waals surface area contributed by atoms with Crippen molar-refractivity contribution in [1.29, 1.82) is 0 Å². The SMILES string of the molecule is CC(=NNc1ccc(F)c(F)c1Br)C(=O)O. The summed E-state index contributed by atoms with van der Waals surface area (Å²) >= 11 is 2.82. The Hall–Kier alpha value is -1.50. The molecular weight excluding hydrogens is 286 g/mol. The molecule has 0 saturated heterocycles. The summed E-state index contributed by atoms with van der Waals surface area (Å²) in [4.78, 5) is 10.4. The predicted molar refractivity (Wildman–Crippen MR) is 58.4 cm³/mol. The number of nitrogens with zero attached hydrogens (tertiary/aromatic N) is 1. The number of anilines is 1. The van der Waals surface area contributed by atoms with Crippen LogP contribution in [0.4, 0.5) is 14.5 Å². The van der Waals surface area contributed by atoms with E-state index in [9.17, 15) is 13.6 Å². The van der Waals surface area contributed by atoms with Gasteiger partial charge in [0.05, 0.1) is 10.2 Å². The van der Waals surface area contributed by atoms with Gasteiger partial charge in [0.15, 0.2) is 11.6 Å². The molecule has 0 spiro atoms. The van der Waals surface area contributed by atoms with Gasteiger partial charge >= 0.3 is 5.97 Å². The average Bonchev–Trinajstić information content (AvgIpc) is 2.24. The lowest BCUT2D eigenvalue weighted by Gasteiger charge is -2.05. The van der Waals surface area contributed by atoms with Gasteiger partial charge in [0.2, 0.25) is 0 Å². The standard InChI is InChI=1S/C9H7BrF2N2O2/c1-4(9(15)16)13-14-6-3-2-5(11)8(12)7(6)10/h2-3,14H,1H3,(H,15,16). The minimum atomic E-state index is -1.20. The number of hydrogen-bond donors (Lipinski definition) is 2. The van der Waals surface area contributed by atoms with Gasteiger partial charge in [-0.2, -0.15) is 5.10 Å². The zero-order chi connectivity index (χ0) is 12.3. The summed E-state index contributed by atoms with van der Waals surface area (Å²) in [6, 6.07) is 2.15. The van der Waals surface area contributed by atoms with E-state index in [-0.39, 0.29) is 15.9 Å². The molecule has 86 valence electrons. The van der Waals surface area contributed by atoms with Crippen LogP contribution in [0.15, 0.2) is 21.7 Å². The third-order valence-electron chi connectivity index (χ3n) is 1.69. The molecule has 16 heavy (non-hydrogen) atoms. The zero-order valence-corrected chi connectivity index (χ0v) is 9.68. The fraction of sp³-hybridized carbons (Fsp3) is 0.111. The summed E-state index contributed by atoms with van der Waals surface area (Å²) in [7, 11) is 0. The van der Waals surface area contributed by atoms with Gasteiger partial charge in [-0.25, -0.2) is 13.6 Å². The number of benzene rings is 1. The van der Waals surface area contributed by atoms with E-state index in [0.29, 0.717) is 0 Å². The summed E-state index contributed by atoms with van der Waals surface area (Å²) in [5.41, 5.74) is 2.26. The molecule has 2 N–H and O–H groups in total. The van der Waals surface area contributed by atoms with Crippen molar-refractivity contribution in [3.63, 3.8) is 0 Å². The molecule has 0 aliphatic heterocycles. The van der Waals surface area contributed by atoms with Crippen molar-refractivity contribution in [3.8, 4) is 0 Å². The van der Waals surface area contributed by atoms with Crippen molar-refractivity contribution in [2.75, 3.05) is 5.43 Å². The van der Waals surface area contributed by atoms with Crippen LogP contribution < -0.4 is 5.43 Å². The average molecular weight is 293 g/mol. The van der Waals surface area contributed by atoms with Crippen LogP contribution in [0.2, 0.25) is 0 Å². The molecule has 0 fully saturated rings. The number of hydrogen-bond acceptors (Lipinski definition) is 3. The third-order valence-corrected chi connectivity index (χ3v) is 2.46. The Morgan fingerprint density at radius 3 is 2.69 bits per heavy atom. The molecule has 0 aliphatic carbocycles. The Kier molecular flexibility index (Phi) is 3.94. The maximum absolute atomic E-state index is 13.0. The summed E-state index contributed by atoms with van der Waals surface area (Å²) in [5, 5.41) is 12.0. The Balaban J connectivity index is 2.96. The maximum atomic E-state index is 13.0. The quantitative estimate of drug-likeness (QED) is 0.511. The lowest BCUT2D eigenvalue weighted by molar-refractivity contribution is -0.129. The van der Waals surface area contributed by atoms with E-state index < -0.39 is 17.6 Å². The second kappa shape index (κ2) is 5.02. The first-order valence-corrected chi connectivity index (χ1v) is 4.90. The molecule has 1 aromatic rings. The fourth-order valence-corrected chi connectivity index (χ4v) is 1.21. The molecule has 4 nitrogen and oxygen atoms in total. The Labute approximate surface area is 98.1 Å². The molecule has 0 radical (unpaired) electrons. The second-order valence-corrected chi connectivity index (χ2v) is 3.63. The van der Waals surface area contributed by atoms with Gasteiger partial charge in [-0.1, -0.05) is 0 Å². The summed E-state index contributed by atoms with van der Waals surface area (Å²) < 4.78 is 25.6. The number of nitrogens with one attached hydrogen (secondary N) is 1. The first-order chi connectivity index (χ1) is 7.43. The van der Waals surface area contributed by atoms with Crippen molar-refractivity contribution in [2.24, 2.45) is 5.10 Å². The minimum Gasteiger partial charge on any atom is -0.477 e. The summed E-state index contributed by atoms with van der Waals surface area (Å²) in [6.07, 6.45) is 0. The van der Waals surface area contributed by atoms with Crippen LogP contribution >= 0.6 is 15.9 Å². The number of halogens is 3. The molecular formula is C9H7BrF2N2O2. The molecule has 0 atom stereocenters. The Morgan fingerprint density at radius 2 is 2.12 bits per heavy atom. The highest BCUT2D eigenvalue weighted by Gasteiger charge is 2.11. The number of aliphatic carboxylic acids is 1. The molecule has 0 aromatic heterocycles. The van der Waals surface area contributed by atoms with Crippen LogP contribution in [-0.4, -0.2) is 16.8 Å². The normalized spacial score (nSPS) is 11.4. The fourth-order valence-electron chi connectivity index (χ4n) is 0.804. The minimum absolute atomic E-state index is 0.138. The van der Waals surface area contributed by atoms with Crippen molar-refractivity contribution < 1.29 is 18.7 Å². The highest BCUT2D eigenvalue weighted by Crippen LogP contribution is 2.27. The Morgan fingerprint density at radius 1 is 1.50 bits per heavy atom. The molecule has 7 heteroatoms. The molecule has 1 rings (SSSR count). The predicted octanol–water partition coefficient (Wildman–Crippen LogP) is 2.60. The molecule has 0 saturated carbocycles. The van der Waals surface area contributed by atoms with Crippen molar-refractivity contribution >= 4 is 33.3 Å². The first-order valence-electron chi connectivity index (χ1n) is 4.10. The molecule has 0 aliphatic rings. The largest absolute Gasteiger partial charge is 0.477 e. The van der Waals surface area contributed by atoms with Crippen molar-refractivity contribution in [2.45, 2.75) is 6.92 Å². The number of carbonyl (C=O) groups is 1. The van der Waals surface area contributed by atoms with Gasteiger partial charge in [-0.15, -0.1) is 0 Å². The van der Waals surface area contributed by atoms with Crippen molar-refractivity contribution in [3.05, 3.63) is 28.2 Å². The maximum Gasteiger partial charge on any atom is 0.351 e. The van der Waals surface area contributed by atoms with E-state index in [4.69, 9.17) is 5.11 Å². The molecule has 0 amide bonds. The summed E-state index contributed by atoms with van der Waals surface area (Å²) in [5.74, 6) is -3.27. The van der Waals surface area contributed by atoms with E-state index in [1.54, 1.807) is 0 Å². The van der Waals surface area contributed by atoms with Gasteiger partial charge < -0.3 is 5.11 Å². The Bertz CT molecular complexity index is 463. The van der Waals surface area contributed by atoms with Gasteiger partial charge in [-0.3, -0.25) is 5.43 Å². The number of carboxylic acid groups (broad SMARTS) is 1. The molecule has 0 bridgehead atoms. The van der Waals surface area contributed by atoms with Gasteiger partial charge in [0.1, 0.15) is 5.71 Å². The van der Waals surface area contributed by atoms with Gasteiger partial charge in [-0.05, 0) is 35.0 Å². The van der Waals surface area contributed by atoms with Gasteiger partial charge in [0.25, 0.3) is 0 Å². The van der Waals surface area contributed by atoms with Crippen LogP contribution in [0.25, 0.3) is 0 Å². The monoisotopic (exact) mass is 292 g/mol. The third kappa shape index (κ3) is 2.75. The van der Waals surface area contributed by atoms with Crippen LogP contribution in [0.3, 0.4) is 0 Å². The van der Waals surface area contributed by atoms with E-state index in [1.165, 1.54) is 13.0 Å². The van der Waals surface area contributed by atoms with E-state index in [2.05, 4.69) is 26.5 Å². The highest BCUT2D eigenvalue weighted by molar-refractivity contribution is 9.10. The molecule has 0 heterocycles. The topological polar surface area (TPSA) is 61.7 Å². The molecule has 0 unspecified atom stereocenters. The van der Waals surface area contributed by atoms with Crippen LogP contribution in [-0.2, 0) is 4.79 Å². The number of hydrazone groups is 1. The van der Waals surface area contributed by atoms with Crippen LogP contribution in [0.5, 0.6) is 0 Å². The van der Waals surface area contributed by atoms with Crippen molar-refractivity contribution in [1.82, 2.24) is 0 Å². The second-order valence-electron chi connectivity index (χ2n) is 2.84. The van der Waals surface area contributed by atoms with E-state index in [1.807, 2.05) is 0 Å². The number of carboxylic acids is 1. The molecule has 1 aromatic carbocycles. The smallest absolute Gasteiger partial charge is 0.351 e. The van der Waals surface area contributed by atoms with E-state index in [0.717, 1.165) is 6.07 Å². The lowest BCUT2D eigenvalue weighted by Crippen LogP contribution is -2.10.